The summed E-state index contributed by atoms with van der Waals surface area (Å²) in [5.74, 6) is 0. The van der Waals surface area contributed by atoms with Gasteiger partial charge in [-0.2, -0.15) is 0 Å². The molecule has 1 aromatic rings. The van der Waals surface area contributed by atoms with Crippen LogP contribution in [0.15, 0.2) is 24.3 Å². The molecule has 0 aliphatic rings. The van der Waals surface area contributed by atoms with E-state index in [4.69, 9.17) is 0 Å². The number of hydrogen-bond donors (Lipinski definition) is 1. The van der Waals surface area contributed by atoms with Crippen LogP contribution in [0.5, 0.6) is 0 Å². The average molecular weight is 220 g/mol. The van der Waals surface area contributed by atoms with E-state index in [0.29, 0.717) is 0 Å². The molecule has 1 atom stereocenters. The van der Waals surface area contributed by atoms with Crippen molar-refractivity contribution in [1.82, 2.24) is 0 Å². The summed E-state index contributed by atoms with van der Waals surface area (Å²) in [6.45, 7) is 6.21. The largest absolute Gasteiger partial charge is 0.385 e. The van der Waals surface area contributed by atoms with E-state index in [1.165, 1.54) is 18.4 Å². The van der Waals surface area contributed by atoms with Gasteiger partial charge in [0.15, 0.2) is 0 Å². The zero-order valence-corrected chi connectivity index (χ0v) is 10.8. The van der Waals surface area contributed by atoms with Crippen LogP contribution in [-0.2, 0) is 12.0 Å². The summed E-state index contributed by atoms with van der Waals surface area (Å²) in [6.07, 6.45) is 5.44. The van der Waals surface area contributed by atoms with E-state index in [0.717, 1.165) is 24.8 Å². The van der Waals surface area contributed by atoms with E-state index >= 15 is 0 Å². The number of hydrogen-bond acceptors (Lipinski definition) is 1. The molecule has 1 heteroatoms. The first kappa shape index (κ1) is 13.2. The van der Waals surface area contributed by atoms with Gasteiger partial charge in [0, 0.05) is 0 Å². The Kier molecular flexibility index (Phi) is 5.01. The maximum absolute atomic E-state index is 10.3. The van der Waals surface area contributed by atoms with Crippen molar-refractivity contribution < 1.29 is 5.11 Å². The van der Waals surface area contributed by atoms with Crippen LogP contribution in [0.25, 0.3) is 0 Å². The molecule has 1 N–H and O–H groups in total. The second kappa shape index (κ2) is 6.05. The van der Waals surface area contributed by atoms with Gasteiger partial charge in [-0.05, 0) is 37.3 Å². The lowest BCUT2D eigenvalue weighted by molar-refractivity contribution is 0.0469. The van der Waals surface area contributed by atoms with Crippen LogP contribution in [0.3, 0.4) is 0 Å². The van der Waals surface area contributed by atoms with Gasteiger partial charge in [-0.15, -0.1) is 0 Å². The van der Waals surface area contributed by atoms with Crippen molar-refractivity contribution in [1.29, 1.82) is 0 Å². The highest BCUT2D eigenvalue weighted by molar-refractivity contribution is 5.26. The SMILES string of the molecule is CCCCc1ccc([C@](C)(O)CCC)cc1. The van der Waals surface area contributed by atoms with Crippen molar-refractivity contribution in [2.45, 2.75) is 58.5 Å². The molecule has 0 fully saturated rings. The molecule has 0 amide bonds. The van der Waals surface area contributed by atoms with Gasteiger partial charge in [-0.25, -0.2) is 0 Å². The van der Waals surface area contributed by atoms with Crippen LogP contribution >= 0.6 is 0 Å². The maximum Gasteiger partial charge on any atom is 0.0868 e. The monoisotopic (exact) mass is 220 g/mol. The molecule has 0 heterocycles. The summed E-state index contributed by atoms with van der Waals surface area (Å²) in [5.41, 5.74) is 1.74. The lowest BCUT2D eigenvalue weighted by Crippen LogP contribution is -2.20. The fraction of sp³-hybridized carbons (Fsp3) is 0.600. The third-order valence-corrected chi connectivity index (χ3v) is 3.13. The van der Waals surface area contributed by atoms with Crippen molar-refractivity contribution in [2.24, 2.45) is 0 Å². The Morgan fingerprint density at radius 2 is 1.69 bits per heavy atom. The van der Waals surface area contributed by atoms with Crippen molar-refractivity contribution in [3.8, 4) is 0 Å². The molecule has 0 radical (unpaired) electrons. The van der Waals surface area contributed by atoms with Gasteiger partial charge in [-0.1, -0.05) is 51.0 Å². The molecule has 1 aromatic carbocycles. The Bertz CT molecular complexity index is 298. The van der Waals surface area contributed by atoms with Gasteiger partial charge in [-0.3, -0.25) is 0 Å². The Balaban J connectivity index is 2.70. The number of rotatable bonds is 6. The van der Waals surface area contributed by atoms with Crippen LogP contribution in [0.2, 0.25) is 0 Å². The van der Waals surface area contributed by atoms with E-state index in [2.05, 4.69) is 38.1 Å². The first-order valence-corrected chi connectivity index (χ1v) is 6.42. The second-order valence-corrected chi connectivity index (χ2v) is 4.82. The predicted octanol–water partition coefficient (Wildman–Crippen LogP) is 4.04. The van der Waals surface area contributed by atoms with Crippen molar-refractivity contribution >= 4 is 0 Å². The lowest BCUT2D eigenvalue weighted by atomic mass is 9.90. The summed E-state index contributed by atoms with van der Waals surface area (Å²) < 4.78 is 0. The molecule has 0 spiro atoms. The molecule has 90 valence electrons. The molecule has 0 aliphatic heterocycles. The third-order valence-electron chi connectivity index (χ3n) is 3.13. The van der Waals surface area contributed by atoms with Crippen LogP contribution in [0.4, 0.5) is 0 Å². The molecule has 0 bridgehead atoms. The molecule has 0 saturated heterocycles. The van der Waals surface area contributed by atoms with Gasteiger partial charge in [0.05, 0.1) is 5.60 Å². The normalized spacial score (nSPS) is 14.8. The summed E-state index contributed by atoms with van der Waals surface area (Å²) in [5, 5.41) is 10.3. The van der Waals surface area contributed by atoms with E-state index < -0.39 is 5.60 Å². The molecule has 1 rings (SSSR count). The zero-order chi connectivity index (χ0) is 12.0. The molecular weight excluding hydrogens is 196 g/mol. The Morgan fingerprint density at radius 1 is 1.06 bits per heavy atom. The Labute approximate surface area is 99.5 Å². The number of benzene rings is 1. The minimum atomic E-state index is -0.669. The minimum absolute atomic E-state index is 0.669. The number of aryl methyl sites for hydroxylation is 1. The molecule has 0 aromatic heterocycles. The molecular formula is C15H24O. The maximum atomic E-state index is 10.3. The van der Waals surface area contributed by atoms with Crippen LogP contribution in [0.1, 0.15) is 57.6 Å². The van der Waals surface area contributed by atoms with Crippen molar-refractivity contribution in [3.63, 3.8) is 0 Å². The van der Waals surface area contributed by atoms with E-state index in [-0.39, 0.29) is 0 Å². The lowest BCUT2D eigenvalue weighted by Gasteiger charge is -2.23. The molecule has 1 nitrogen and oxygen atoms in total. The fourth-order valence-corrected chi connectivity index (χ4v) is 2.04. The second-order valence-electron chi connectivity index (χ2n) is 4.82. The van der Waals surface area contributed by atoms with E-state index in [9.17, 15) is 5.11 Å². The highest BCUT2D eigenvalue weighted by atomic mass is 16.3. The van der Waals surface area contributed by atoms with Crippen LogP contribution in [0, 0.1) is 0 Å². The van der Waals surface area contributed by atoms with Gasteiger partial charge in [0.25, 0.3) is 0 Å². The third kappa shape index (κ3) is 3.64. The van der Waals surface area contributed by atoms with Crippen molar-refractivity contribution in [3.05, 3.63) is 35.4 Å². The van der Waals surface area contributed by atoms with Gasteiger partial charge >= 0.3 is 0 Å². The summed E-state index contributed by atoms with van der Waals surface area (Å²) in [6, 6.07) is 8.44. The van der Waals surface area contributed by atoms with E-state index in [1.807, 2.05) is 6.92 Å². The molecule has 16 heavy (non-hydrogen) atoms. The standard InChI is InChI=1S/C15H24O/c1-4-6-7-13-8-10-14(11-9-13)15(3,16)12-5-2/h8-11,16H,4-7,12H2,1-3H3/t15-/m1/s1. The van der Waals surface area contributed by atoms with Crippen LogP contribution < -0.4 is 0 Å². The fourth-order valence-electron chi connectivity index (χ4n) is 2.04. The first-order valence-electron chi connectivity index (χ1n) is 6.42. The zero-order valence-electron chi connectivity index (χ0n) is 10.8. The number of aliphatic hydroxyl groups is 1. The van der Waals surface area contributed by atoms with Gasteiger partial charge < -0.3 is 5.11 Å². The average Bonchev–Trinajstić information content (AvgIpc) is 2.27. The van der Waals surface area contributed by atoms with Crippen LogP contribution in [-0.4, -0.2) is 5.11 Å². The smallest absolute Gasteiger partial charge is 0.0868 e. The topological polar surface area (TPSA) is 20.2 Å². The molecule has 0 saturated carbocycles. The highest BCUT2D eigenvalue weighted by Gasteiger charge is 2.21. The van der Waals surface area contributed by atoms with Gasteiger partial charge in [0.2, 0.25) is 0 Å². The predicted molar refractivity (Wildman–Crippen MR) is 69.5 cm³/mol. The quantitative estimate of drug-likeness (QED) is 0.767. The van der Waals surface area contributed by atoms with Gasteiger partial charge in [0.1, 0.15) is 0 Å². The number of unbranched alkanes of at least 4 members (excludes halogenated alkanes) is 1. The van der Waals surface area contributed by atoms with E-state index in [1.54, 1.807) is 0 Å². The Morgan fingerprint density at radius 3 is 2.19 bits per heavy atom. The molecule has 0 unspecified atom stereocenters. The highest BCUT2D eigenvalue weighted by Crippen LogP contribution is 2.26. The minimum Gasteiger partial charge on any atom is -0.385 e. The first-order chi connectivity index (χ1) is 7.60. The Hall–Kier alpha value is -0.820. The summed E-state index contributed by atoms with van der Waals surface area (Å²) in [7, 11) is 0. The summed E-state index contributed by atoms with van der Waals surface area (Å²) >= 11 is 0. The van der Waals surface area contributed by atoms with Crippen molar-refractivity contribution in [2.75, 3.05) is 0 Å². The molecule has 0 aliphatic carbocycles. The summed E-state index contributed by atoms with van der Waals surface area (Å²) in [4.78, 5) is 0.